The number of ether oxygens (including phenoxy) is 2. The van der Waals surface area contributed by atoms with Crippen LogP contribution in [0, 0.1) is 11.7 Å². The van der Waals surface area contributed by atoms with Crippen LogP contribution < -0.4 is 5.32 Å². The van der Waals surface area contributed by atoms with Crippen LogP contribution in [0.15, 0.2) is 35.5 Å². The topological polar surface area (TPSA) is 88.2 Å². The van der Waals surface area contributed by atoms with E-state index in [1.165, 1.54) is 17.0 Å². The summed E-state index contributed by atoms with van der Waals surface area (Å²) < 4.78 is 24.0. The van der Waals surface area contributed by atoms with Crippen LogP contribution >= 0.6 is 0 Å². The van der Waals surface area contributed by atoms with Gasteiger partial charge in [0, 0.05) is 25.8 Å². The van der Waals surface area contributed by atoms with Crippen LogP contribution in [0.4, 0.5) is 9.18 Å². The van der Waals surface area contributed by atoms with Crippen molar-refractivity contribution in [2.75, 3.05) is 39.9 Å². The van der Waals surface area contributed by atoms with Crippen LogP contribution in [-0.4, -0.2) is 67.7 Å². The van der Waals surface area contributed by atoms with E-state index in [0.717, 1.165) is 19.4 Å². The molecule has 1 saturated heterocycles. The molecule has 0 aliphatic carbocycles. The molecule has 32 heavy (non-hydrogen) atoms. The van der Waals surface area contributed by atoms with Crippen molar-refractivity contribution < 1.29 is 28.2 Å². The first kappa shape index (κ1) is 23.7. The maximum Gasteiger partial charge on any atom is 0.338 e. The average molecular weight is 448 g/mol. The van der Waals surface area contributed by atoms with E-state index in [2.05, 4.69) is 10.2 Å². The number of carbonyl (C=O) groups is 3. The molecule has 0 bridgehead atoms. The predicted molar refractivity (Wildman–Crippen MR) is 115 cm³/mol. The highest BCUT2D eigenvalue weighted by molar-refractivity contribution is 5.95. The summed E-state index contributed by atoms with van der Waals surface area (Å²) >= 11 is 0. The third kappa shape index (κ3) is 5.27. The van der Waals surface area contributed by atoms with Gasteiger partial charge in [-0.05, 0) is 50.9 Å². The number of halogens is 1. The van der Waals surface area contributed by atoms with Gasteiger partial charge >= 0.3 is 18.0 Å². The van der Waals surface area contributed by atoms with Gasteiger partial charge in [0.2, 0.25) is 0 Å². The summed E-state index contributed by atoms with van der Waals surface area (Å²) in [5.74, 6) is -1.42. The van der Waals surface area contributed by atoms with Crippen molar-refractivity contribution in [2.24, 2.45) is 5.92 Å². The Morgan fingerprint density at radius 2 is 1.84 bits per heavy atom. The molecule has 0 spiro atoms. The quantitative estimate of drug-likeness (QED) is 0.647. The van der Waals surface area contributed by atoms with E-state index in [0.29, 0.717) is 36.5 Å². The van der Waals surface area contributed by atoms with E-state index in [1.54, 1.807) is 33.0 Å². The van der Waals surface area contributed by atoms with E-state index in [1.807, 2.05) is 0 Å². The first-order valence-corrected chi connectivity index (χ1v) is 10.9. The number of piperidine rings is 1. The Hall–Kier alpha value is -2.94. The fourth-order valence-corrected chi connectivity index (χ4v) is 4.17. The van der Waals surface area contributed by atoms with Gasteiger partial charge in [0.1, 0.15) is 5.82 Å². The van der Waals surface area contributed by atoms with Crippen molar-refractivity contribution in [2.45, 2.75) is 32.7 Å². The molecule has 2 aliphatic rings. The van der Waals surface area contributed by atoms with E-state index in [-0.39, 0.29) is 24.5 Å². The lowest BCUT2D eigenvalue weighted by Crippen LogP contribution is -2.50. The molecular weight excluding hydrogens is 417 g/mol. The fraction of sp³-hybridized carbons (Fsp3) is 0.522. The average Bonchev–Trinajstić information content (AvgIpc) is 2.78. The van der Waals surface area contributed by atoms with Gasteiger partial charge in [-0.3, -0.25) is 14.6 Å². The summed E-state index contributed by atoms with van der Waals surface area (Å²) in [6.45, 7) is 5.51. The zero-order valence-corrected chi connectivity index (χ0v) is 18.7. The summed E-state index contributed by atoms with van der Waals surface area (Å²) in [6, 6.07) is 4.52. The second-order valence-electron chi connectivity index (χ2n) is 7.90. The number of urea groups is 1. The number of hydrogen-bond acceptors (Lipinski definition) is 6. The number of benzene rings is 1. The monoisotopic (exact) mass is 447 g/mol. The molecule has 3 rings (SSSR count). The Balaban J connectivity index is 1.95. The van der Waals surface area contributed by atoms with Crippen LogP contribution in [0.25, 0.3) is 0 Å². The number of hydrogen-bond donors (Lipinski definition) is 1. The summed E-state index contributed by atoms with van der Waals surface area (Å²) in [6.07, 6.45) is 1.55. The van der Waals surface area contributed by atoms with Gasteiger partial charge in [0.15, 0.2) is 0 Å². The van der Waals surface area contributed by atoms with Crippen LogP contribution in [0.2, 0.25) is 0 Å². The molecule has 0 aromatic heterocycles. The van der Waals surface area contributed by atoms with Crippen molar-refractivity contribution in [1.82, 2.24) is 15.1 Å². The van der Waals surface area contributed by atoms with Gasteiger partial charge in [-0.2, -0.15) is 0 Å². The van der Waals surface area contributed by atoms with Crippen molar-refractivity contribution in [1.29, 1.82) is 0 Å². The zero-order valence-electron chi connectivity index (χ0n) is 18.7. The lowest BCUT2D eigenvalue weighted by atomic mass is 9.93. The van der Waals surface area contributed by atoms with Crippen LogP contribution in [0.1, 0.15) is 38.3 Å². The van der Waals surface area contributed by atoms with Gasteiger partial charge in [-0.1, -0.05) is 12.1 Å². The first-order valence-electron chi connectivity index (χ1n) is 10.9. The normalized spacial score (nSPS) is 21.9. The molecule has 9 heteroatoms. The third-order valence-electron chi connectivity index (χ3n) is 5.77. The number of nitrogens with zero attached hydrogens (tertiary/aromatic N) is 2. The summed E-state index contributed by atoms with van der Waals surface area (Å²) in [7, 11) is 1.59. The van der Waals surface area contributed by atoms with Crippen molar-refractivity contribution in [3.05, 3.63) is 46.9 Å². The number of esters is 2. The molecular formula is C23H30FN3O5. The minimum Gasteiger partial charge on any atom is -0.466 e. The van der Waals surface area contributed by atoms with Crippen LogP contribution in [-0.2, 0) is 19.1 Å². The molecule has 0 saturated carbocycles. The smallest absolute Gasteiger partial charge is 0.338 e. The van der Waals surface area contributed by atoms with Gasteiger partial charge in [-0.25, -0.2) is 14.0 Å². The van der Waals surface area contributed by atoms with Gasteiger partial charge in [0.25, 0.3) is 0 Å². The van der Waals surface area contributed by atoms with Gasteiger partial charge in [-0.15, -0.1) is 0 Å². The van der Waals surface area contributed by atoms with Gasteiger partial charge < -0.3 is 14.8 Å². The number of amides is 2. The highest BCUT2D eigenvalue weighted by atomic mass is 19.1. The summed E-state index contributed by atoms with van der Waals surface area (Å²) in [4.78, 5) is 41.4. The summed E-state index contributed by atoms with van der Waals surface area (Å²) in [5.41, 5.74) is 1.39. The number of nitrogens with one attached hydrogen (secondary N) is 1. The lowest BCUT2D eigenvalue weighted by Gasteiger charge is -2.38. The Bertz CT molecular complexity index is 886. The third-order valence-corrected chi connectivity index (χ3v) is 5.77. The molecule has 2 unspecified atom stereocenters. The molecule has 174 valence electrons. The van der Waals surface area contributed by atoms with E-state index in [9.17, 15) is 18.8 Å². The van der Waals surface area contributed by atoms with E-state index >= 15 is 0 Å². The molecule has 2 amide bonds. The highest BCUT2D eigenvalue weighted by Gasteiger charge is 2.38. The van der Waals surface area contributed by atoms with E-state index in [4.69, 9.17) is 9.47 Å². The maximum absolute atomic E-state index is 13.5. The second-order valence-corrected chi connectivity index (χ2v) is 7.90. The van der Waals surface area contributed by atoms with Crippen LogP contribution in [0.5, 0.6) is 0 Å². The second kappa shape index (κ2) is 10.6. The van der Waals surface area contributed by atoms with Crippen LogP contribution in [0.3, 0.4) is 0 Å². The molecule has 0 radical (unpaired) electrons. The number of likely N-dealkylation sites (N-methyl/N-ethyl adjacent to an activating group) is 1. The largest absolute Gasteiger partial charge is 0.466 e. The summed E-state index contributed by atoms with van der Waals surface area (Å²) in [5, 5.41) is 2.82. The molecule has 1 aromatic carbocycles. The molecule has 2 heterocycles. The Morgan fingerprint density at radius 3 is 2.50 bits per heavy atom. The standard InChI is InChI=1S/C23H30FN3O5/c1-4-31-21(28)16-7-6-12-27(13-16)14-18-19(22(29)32-5-2)20(25-23(30)26(18)3)15-8-10-17(24)11-9-15/h8-11,16,20H,4-7,12-14H2,1-3H3,(H,25,30). The Kier molecular flexibility index (Phi) is 7.84. The highest BCUT2D eigenvalue weighted by Crippen LogP contribution is 2.32. The predicted octanol–water partition coefficient (Wildman–Crippen LogP) is 2.61. The minimum atomic E-state index is -0.765. The molecule has 2 atom stereocenters. The minimum absolute atomic E-state index is 0.179. The van der Waals surface area contributed by atoms with Gasteiger partial charge in [0.05, 0.1) is 30.7 Å². The Morgan fingerprint density at radius 1 is 1.16 bits per heavy atom. The number of likely N-dealkylation sites (tertiary alicyclic amines) is 1. The molecule has 1 N–H and O–H groups in total. The molecule has 2 aliphatic heterocycles. The van der Waals surface area contributed by atoms with Crippen molar-refractivity contribution in [3.63, 3.8) is 0 Å². The maximum atomic E-state index is 13.5. The number of carbonyl (C=O) groups excluding carboxylic acids is 3. The van der Waals surface area contributed by atoms with E-state index < -0.39 is 17.8 Å². The first-order chi connectivity index (χ1) is 15.3. The molecule has 8 nitrogen and oxygen atoms in total. The Labute approximate surface area is 187 Å². The molecule has 1 fully saturated rings. The van der Waals surface area contributed by atoms with Crippen molar-refractivity contribution in [3.8, 4) is 0 Å². The number of rotatable bonds is 7. The zero-order chi connectivity index (χ0) is 23.3. The SMILES string of the molecule is CCOC(=O)C1=C(CN2CCCC(C(=O)OCC)C2)N(C)C(=O)NC1c1ccc(F)cc1. The molecule has 1 aromatic rings. The fourth-order valence-electron chi connectivity index (χ4n) is 4.17. The lowest BCUT2D eigenvalue weighted by molar-refractivity contribution is -0.150. The van der Waals surface area contributed by atoms with Crippen molar-refractivity contribution >= 4 is 18.0 Å².